The van der Waals surface area contributed by atoms with E-state index < -0.39 is 12.0 Å². The number of ether oxygens (including phenoxy) is 1. The van der Waals surface area contributed by atoms with Crippen molar-refractivity contribution in [3.8, 4) is 5.75 Å². The molecule has 0 fully saturated rings. The van der Waals surface area contributed by atoms with Crippen LogP contribution in [-0.4, -0.2) is 24.5 Å². The SMILES string of the molecule is CCC1Oc2cc(N)ccc2N(CC(N)=O)C1=O. The van der Waals surface area contributed by atoms with Crippen molar-refractivity contribution in [1.82, 2.24) is 0 Å². The van der Waals surface area contributed by atoms with E-state index in [0.29, 0.717) is 23.5 Å². The van der Waals surface area contributed by atoms with Crippen LogP contribution in [0, 0.1) is 0 Å². The topological polar surface area (TPSA) is 98.7 Å². The predicted octanol–water partition coefficient (Wildman–Crippen LogP) is 0.258. The van der Waals surface area contributed by atoms with Crippen molar-refractivity contribution in [3.05, 3.63) is 18.2 Å². The molecule has 0 bridgehead atoms. The number of nitrogens with two attached hydrogens (primary N) is 2. The van der Waals surface area contributed by atoms with Crippen LogP contribution in [0.1, 0.15) is 13.3 Å². The molecule has 0 aliphatic carbocycles. The molecule has 18 heavy (non-hydrogen) atoms. The summed E-state index contributed by atoms with van der Waals surface area (Å²) in [6.45, 7) is 1.68. The summed E-state index contributed by atoms with van der Waals surface area (Å²) in [6.07, 6.45) is -0.0823. The first-order valence-corrected chi connectivity index (χ1v) is 5.68. The Morgan fingerprint density at radius 1 is 1.50 bits per heavy atom. The second-order valence-corrected chi connectivity index (χ2v) is 4.13. The van der Waals surface area contributed by atoms with Crippen LogP contribution in [0.25, 0.3) is 0 Å². The summed E-state index contributed by atoms with van der Waals surface area (Å²) in [5, 5.41) is 0. The van der Waals surface area contributed by atoms with Crippen molar-refractivity contribution < 1.29 is 14.3 Å². The van der Waals surface area contributed by atoms with Crippen LogP contribution < -0.4 is 21.1 Å². The zero-order valence-electron chi connectivity index (χ0n) is 10.1. The highest BCUT2D eigenvalue weighted by Crippen LogP contribution is 2.35. The lowest BCUT2D eigenvalue weighted by atomic mass is 10.1. The second kappa shape index (κ2) is 4.56. The first-order valence-electron chi connectivity index (χ1n) is 5.68. The third-order valence-electron chi connectivity index (χ3n) is 2.77. The molecule has 0 saturated carbocycles. The second-order valence-electron chi connectivity index (χ2n) is 4.13. The first kappa shape index (κ1) is 12.2. The number of carbonyl (C=O) groups is 2. The molecule has 1 unspecified atom stereocenters. The number of rotatable bonds is 3. The number of carbonyl (C=O) groups excluding carboxylic acids is 2. The highest BCUT2D eigenvalue weighted by Gasteiger charge is 2.33. The Morgan fingerprint density at radius 3 is 2.83 bits per heavy atom. The monoisotopic (exact) mass is 249 g/mol. The summed E-state index contributed by atoms with van der Waals surface area (Å²) in [5.74, 6) is -0.320. The molecule has 1 heterocycles. The van der Waals surface area contributed by atoms with Gasteiger partial charge in [-0.25, -0.2) is 0 Å². The van der Waals surface area contributed by atoms with E-state index in [4.69, 9.17) is 16.2 Å². The van der Waals surface area contributed by atoms with Gasteiger partial charge in [-0.05, 0) is 18.6 Å². The number of hydrogen-bond donors (Lipinski definition) is 2. The number of hydrogen-bond acceptors (Lipinski definition) is 4. The molecule has 1 aromatic rings. The lowest BCUT2D eigenvalue weighted by Crippen LogP contribution is -2.48. The molecule has 1 aromatic carbocycles. The molecule has 0 saturated heterocycles. The minimum atomic E-state index is -0.598. The number of nitrogen functional groups attached to an aromatic ring is 1. The van der Waals surface area contributed by atoms with Crippen molar-refractivity contribution >= 4 is 23.2 Å². The van der Waals surface area contributed by atoms with Crippen LogP contribution in [0.3, 0.4) is 0 Å². The third-order valence-corrected chi connectivity index (χ3v) is 2.77. The summed E-state index contributed by atoms with van der Waals surface area (Å²) < 4.78 is 5.56. The van der Waals surface area contributed by atoms with Crippen molar-refractivity contribution in [3.63, 3.8) is 0 Å². The normalized spacial score (nSPS) is 18.2. The number of nitrogens with zero attached hydrogens (tertiary/aromatic N) is 1. The standard InChI is InChI=1S/C12H15N3O3/c1-2-9-12(17)15(6-11(14)16)8-4-3-7(13)5-10(8)18-9/h3-5,9H,2,6,13H2,1H3,(H2,14,16). The number of primary amides is 1. The highest BCUT2D eigenvalue weighted by molar-refractivity contribution is 6.03. The van der Waals surface area contributed by atoms with Crippen LogP contribution in [0.5, 0.6) is 5.75 Å². The van der Waals surface area contributed by atoms with Crippen molar-refractivity contribution in [2.75, 3.05) is 17.2 Å². The molecule has 4 N–H and O–H groups in total. The Kier molecular flexibility index (Phi) is 3.10. The van der Waals surface area contributed by atoms with E-state index in [2.05, 4.69) is 0 Å². The van der Waals surface area contributed by atoms with Crippen LogP contribution in [-0.2, 0) is 9.59 Å². The minimum Gasteiger partial charge on any atom is -0.478 e. The molecule has 0 spiro atoms. The molecule has 96 valence electrons. The summed E-state index contributed by atoms with van der Waals surface area (Å²) >= 11 is 0. The van der Waals surface area contributed by atoms with E-state index in [1.165, 1.54) is 4.90 Å². The van der Waals surface area contributed by atoms with Gasteiger partial charge in [-0.15, -0.1) is 0 Å². The maximum absolute atomic E-state index is 12.1. The average molecular weight is 249 g/mol. The predicted molar refractivity (Wildman–Crippen MR) is 67.1 cm³/mol. The van der Waals surface area contributed by atoms with E-state index >= 15 is 0 Å². The summed E-state index contributed by atoms with van der Waals surface area (Å²) in [5.41, 5.74) is 11.9. The Morgan fingerprint density at radius 2 is 2.22 bits per heavy atom. The molecule has 6 nitrogen and oxygen atoms in total. The fourth-order valence-corrected chi connectivity index (χ4v) is 1.92. The molecular weight excluding hydrogens is 234 g/mol. The van der Waals surface area contributed by atoms with Crippen LogP contribution in [0.2, 0.25) is 0 Å². The van der Waals surface area contributed by atoms with E-state index in [1.54, 1.807) is 18.2 Å². The molecule has 2 amide bonds. The van der Waals surface area contributed by atoms with Gasteiger partial charge in [0.1, 0.15) is 12.3 Å². The molecule has 0 radical (unpaired) electrons. The van der Waals surface area contributed by atoms with Gasteiger partial charge in [-0.2, -0.15) is 0 Å². The Balaban J connectivity index is 2.44. The molecule has 1 aliphatic heterocycles. The number of amides is 2. The summed E-state index contributed by atoms with van der Waals surface area (Å²) in [7, 11) is 0. The Hall–Kier alpha value is -2.24. The van der Waals surface area contributed by atoms with Crippen LogP contribution in [0.4, 0.5) is 11.4 Å². The largest absolute Gasteiger partial charge is 0.478 e. The zero-order chi connectivity index (χ0) is 13.3. The molecule has 1 atom stereocenters. The number of anilines is 2. The molecular formula is C12H15N3O3. The van der Waals surface area contributed by atoms with E-state index in [9.17, 15) is 9.59 Å². The number of fused-ring (bicyclic) bond motifs is 1. The van der Waals surface area contributed by atoms with E-state index in [-0.39, 0.29) is 12.5 Å². The zero-order valence-corrected chi connectivity index (χ0v) is 10.1. The molecule has 6 heteroatoms. The van der Waals surface area contributed by atoms with Gasteiger partial charge in [0, 0.05) is 11.8 Å². The van der Waals surface area contributed by atoms with Gasteiger partial charge in [0.15, 0.2) is 6.10 Å². The minimum absolute atomic E-state index is 0.157. The van der Waals surface area contributed by atoms with Gasteiger partial charge in [-0.1, -0.05) is 6.92 Å². The van der Waals surface area contributed by atoms with Crippen molar-refractivity contribution in [2.45, 2.75) is 19.4 Å². The van der Waals surface area contributed by atoms with Gasteiger partial charge < -0.3 is 16.2 Å². The van der Waals surface area contributed by atoms with Gasteiger partial charge in [0.05, 0.1) is 5.69 Å². The molecule has 2 rings (SSSR count). The average Bonchev–Trinajstić information content (AvgIpc) is 2.31. The van der Waals surface area contributed by atoms with E-state index in [1.807, 2.05) is 6.92 Å². The maximum atomic E-state index is 12.1. The van der Waals surface area contributed by atoms with Gasteiger partial charge in [0.2, 0.25) is 5.91 Å². The summed E-state index contributed by atoms with van der Waals surface area (Å²) in [4.78, 5) is 24.5. The Labute approximate surface area is 104 Å². The van der Waals surface area contributed by atoms with Crippen molar-refractivity contribution in [2.24, 2.45) is 5.73 Å². The van der Waals surface area contributed by atoms with E-state index in [0.717, 1.165) is 0 Å². The van der Waals surface area contributed by atoms with Gasteiger partial charge in [-0.3, -0.25) is 14.5 Å². The Bertz CT molecular complexity index is 501. The smallest absolute Gasteiger partial charge is 0.268 e. The first-order chi connectivity index (χ1) is 8.52. The highest BCUT2D eigenvalue weighted by atomic mass is 16.5. The van der Waals surface area contributed by atoms with Gasteiger partial charge in [0.25, 0.3) is 5.91 Å². The quantitative estimate of drug-likeness (QED) is 0.750. The van der Waals surface area contributed by atoms with Crippen LogP contribution >= 0.6 is 0 Å². The summed E-state index contributed by atoms with van der Waals surface area (Å²) in [6, 6.07) is 4.94. The maximum Gasteiger partial charge on any atom is 0.268 e. The molecule has 0 aromatic heterocycles. The third kappa shape index (κ3) is 2.09. The lowest BCUT2D eigenvalue weighted by Gasteiger charge is -2.33. The molecule has 1 aliphatic rings. The lowest BCUT2D eigenvalue weighted by molar-refractivity contribution is -0.128. The van der Waals surface area contributed by atoms with Gasteiger partial charge >= 0.3 is 0 Å². The number of benzene rings is 1. The fraction of sp³-hybridized carbons (Fsp3) is 0.333. The fourth-order valence-electron chi connectivity index (χ4n) is 1.92. The van der Waals surface area contributed by atoms with Crippen molar-refractivity contribution in [1.29, 1.82) is 0 Å². The van der Waals surface area contributed by atoms with Crippen LogP contribution in [0.15, 0.2) is 18.2 Å².